The van der Waals surface area contributed by atoms with E-state index in [4.69, 9.17) is 0 Å². The summed E-state index contributed by atoms with van der Waals surface area (Å²) in [7, 11) is 2.93. The summed E-state index contributed by atoms with van der Waals surface area (Å²) >= 11 is 0. The van der Waals surface area contributed by atoms with Gasteiger partial charge in [-0.05, 0) is 0 Å². The number of oxime groups is 1. The molecule has 10 heavy (non-hydrogen) atoms. The summed E-state index contributed by atoms with van der Waals surface area (Å²) in [4.78, 5) is 15.3. The zero-order valence-corrected chi connectivity index (χ0v) is 5.74. The first-order valence-corrected chi connectivity index (χ1v) is 2.69. The largest absolute Gasteiger partial charge is 0.398 e. The molecular weight excluding hydrogens is 134 g/mol. The topological polar surface area (TPSA) is 54.3 Å². The van der Waals surface area contributed by atoms with Crippen molar-refractivity contribution in [1.29, 1.82) is 0 Å². The molecule has 1 aliphatic rings. The molecular formula is C5H7N3O2. The molecule has 0 bridgehead atoms. The number of nitrogens with zero attached hydrogens (tertiary/aromatic N) is 3. The summed E-state index contributed by atoms with van der Waals surface area (Å²) in [5.41, 5.74) is 0.227. The summed E-state index contributed by atoms with van der Waals surface area (Å²) in [6, 6.07) is 0. The molecule has 1 heterocycles. The van der Waals surface area contributed by atoms with Crippen LogP contribution in [0, 0.1) is 0 Å². The Labute approximate surface area is 57.9 Å². The van der Waals surface area contributed by atoms with Crippen LogP contribution in [0.15, 0.2) is 10.3 Å². The molecule has 0 radical (unpaired) electrons. The third-order valence-corrected chi connectivity index (χ3v) is 1.06. The van der Waals surface area contributed by atoms with Crippen LogP contribution in [0.3, 0.4) is 0 Å². The number of carbonyl (C=O) groups excluding carboxylic acids is 1. The fraction of sp³-hybridized carbons (Fsp3) is 0.400. The van der Waals surface area contributed by atoms with E-state index in [-0.39, 0.29) is 11.6 Å². The maximum absolute atomic E-state index is 10.9. The first-order chi connectivity index (χ1) is 4.75. The van der Waals surface area contributed by atoms with Crippen LogP contribution in [-0.2, 0) is 9.63 Å². The number of amides is 1. The summed E-state index contributed by atoms with van der Waals surface area (Å²) in [6.45, 7) is 0. The van der Waals surface area contributed by atoms with Crippen molar-refractivity contribution in [3.8, 4) is 0 Å². The van der Waals surface area contributed by atoms with Crippen LogP contribution >= 0.6 is 0 Å². The number of rotatable bonds is 1. The van der Waals surface area contributed by atoms with E-state index in [1.165, 1.54) is 18.3 Å². The maximum Gasteiger partial charge on any atom is 0.297 e. The fourth-order valence-corrected chi connectivity index (χ4v) is 0.576. The molecule has 0 N–H and O–H groups in total. The van der Waals surface area contributed by atoms with Crippen LogP contribution in [0.4, 0.5) is 0 Å². The molecule has 0 fully saturated rings. The van der Waals surface area contributed by atoms with Gasteiger partial charge in [0.25, 0.3) is 5.91 Å². The first-order valence-electron chi connectivity index (χ1n) is 2.69. The van der Waals surface area contributed by atoms with Gasteiger partial charge < -0.3 is 4.84 Å². The smallest absolute Gasteiger partial charge is 0.297 e. The van der Waals surface area contributed by atoms with Gasteiger partial charge in [-0.15, -0.1) is 0 Å². The van der Waals surface area contributed by atoms with E-state index >= 15 is 0 Å². The number of carbonyl (C=O) groups is 1. The number of hydrazone groups is 1. The number of hydrogen-bond acceptors (Lipinski definition) is 4. The highest BCUT2D eigenvalue weighted by molar-refractivity contribution is 6.62. The van der Waals surface area contributed by atoms with Crippen molar-refractivity contribution >= 4 is 17.8 Å². The van der Waals surface area contributed by atoms with E-state index in [1.807, 2.05) is 0 Å². The number of hydrogen-bond donors (Lipinski definition) is 0. The minimum absolute atomic E-state index is 0.227. The Morgan fingerprint density at radius 3 is 2.90 bits per heavy atom. The Kier molecular flexibility index (Phi) is 1.66. The van der Waals surface area contributed by atoms with Gasteiger partial charge in [-0.25, -0.2) is 5.01 Å². The SMILES string of the molecule is CON=C1C=NN(C)C1=O. The Bertz CT molecular complexity index is 209. The molecule has 5 heteroatoms. The van der Waals surface area contributed by atoms with E-state index in [0.717, 1.165) is 0 Å². The van der Waals surface area contributed by atoms with E-state index in [9.17, 15) is 4.79 Å². The Hall–Kier alpha value is -1.39. The van der Waals surface area contributed by atoms with Gasteiger partial charge in [0, 0.05) is 7.05 Å². The minimum Gasteiger partial charge on any atom is -0.398 e. The first kappa shape index (κ1) is 6.73. The molecule has 0 aromatic carbocycles. The highest BCUT2D eigenvalue weighted by atomic mass is 16.6. The van der Waals surface area contributed by atoms with Crippen molar-refractivity contribution in [3.63, 3.8) is 0 Å². The highest BCUT2D eigenvalue weighted by Crippen LogP contribution is 1.96. The molecule has 0 aromatic rings. The highest BCUT2D eigenvalue weighted by Gasteiger charge is 2.20. The van der Waals surface area contributed by atoms with Gasteiger partial charge in [0.05, 0.1) is 6.21 Å². The molecule has 0 saturated carbocycles. The van der Waals surface area contributed by atoms with E-state index in [0.29, 0.717) is 0 Å². The predicted molar refractivity (Wildman–Crippen MR) is 35.7 cm³/mol. The molecule has 0 atom stereocenters. The zero-order valence-electron chi connectivity index (χ0n) is 5.74. The second-order valence-electron chi connectivity index (χ2n) is 1.73. The summed E-state index contributed by atoms with van der Waals surface area (Å²) in [6.07, 6.45) is 1.35. The van der Waals surface area contributed by atoms with Gasteiger partial charge in [0.15, 0.2) is 5.71 Å². The quantitative estimate of drug-likeness (QED) is 0.460. The van der Waals surface area contributed by atoms with Gasteiger partial charge in [-0.1, -0.05) is 5.16 Å². The fourth-order valence-electron chi connectivity index (χ4n) is 0.576. The lowest BCUT2D eigenvalue weighted by Crippen LogP contribution is -2.22. The molecule has 0 aromatic heterocycles. The van der Waals surface area contributed by atoms with Crippen LogP contribution in [-0.4, -0.2) is 37.0 Å². The Balaban J connectivity index is 2.76. The van der Waals surface area contributed by atoms with Crippen molar-refractivity contribution in [2.24, 2.45) is 10.3 Å². The lowest BCUT2D eigenvalue weighted by Gasteiger charge is -1.99. The van der Waals surface area contributed by atoms with Crippen molar-refractivity contribution < 1.29 is 9.63 Å². The lowest BCUT2D eigenvalue weighted by molar-refractivity contribution is -0.122. The second kappa shape index (κ2) is 2.47. The molecule has 0 unspecified atom stereocenters. The Morgan fingerprint density at radius 1 is 1.80 bits per heavy atom. The molecule has 5 nitrogen and oxygen atoms in total. The molecule has 1 rings (SSSR count). The molecule has 54 valence electrons. The van der Waals surface area contributed by atoms with E-state index in [1.54, 1.807) is 7.05 Å². The molecule has 0 spiro atoms. The van der Waals surface area contributed by atoms with Gasteiger partial charge in [-0.2, -0.15) is 5.10 Å². The minimum atomic E-state index is -0.248. The molecule has 1 aliphatic heterocycles. The molecule has 0 saturated heterocycles. The van der Waals surface area contributed by atoms with Crippen LogP contribution in [0.2, 0.25) is 0 Å². The maximum atomic E-state index is 10.9. The zero-order chi connectivity index (χ0) is 7.56. The second-order valence-corrected chi connectivity index (χ2v) is 1.73. The summed E-state index contributed by atoms with van der Waals surface area (Å²) < 4.78 is 0. The van der Waals surface area contributed by atoms with Gasteiger partial charge >= 0.3 is 0 Å². The predicted octanol–water partition coefficient (Wildman–Crippen LogP) is -0.553. The van der Waals surface area contributed by atoms with Crippen molar-refractivity contribution in [3.05, 3.63) is 0 Å². The van der Waals surface area contributed by atoms with E-state index < -0.39 is 0 Å². The van der Waals surface area contributed by atoms with Crippen molar-refractivity contribution in [2.45, 2.75) is 0 Å². The standard InChI is InChI=1S/C5H7N3O2/c1-8-5(9)4(3-6-8)7-10-2/h3H,1-2H3. The average molecular weight is 141 g/mol. The van der Waals surface area contributed by atoms with Crippen LogP contribution in [0.1, 0.15) is 0 Å². The molecule has 1 amide bonds. The average Bonchev–Trinajstić information content (AvgIpc) is 2.20. The third-order valence-electron chi connectivity index (χ3n) is 1.06. The van der Waals surface area contributed by atoms with Crippen LogP contribution in [0.5, 0.6) is 0 Å². The molecule has 0 aliphatic carbocycles. The van der Waals surface area contributed by atoms with Gasteiger partial charge in [-0.3, -0.25) is 4.79 Å². The van der Waals surface area contributed by atoms with Crippen molar-refractivity contribution in [1.82, 2.24) is 5.01 Å². The van der Waals surface area contributed by atoms with E-state index in [2.05, 4.69) is 15.1 Å². The van der Waals surface area contributed by atoms with Gasteiger partial charge in [0.1, 0.15) is 7.11 Å². The third kappa shape index (κ3) is 0.975. The van der Waals surface area contributed by atoms with Gasteiger partial charge in [0.2, 0.25) is 0 Å². The van der Waals surface area contributed by atoms with Crippen molar-refractivity contribution in [2.75, 3.05) is 14.2 Å². The summed E-state index contributed by atoms with van der Waals surface area (Å²) in [5, 5.41) is 8.29. The van der Waals surface area contributed by atoms with Crippen LogP contribution in [0.25, 0.3) is 0 Å². The monoisotopic (exact) mass is 141 g/mol. The van der Waals surface area contributed by atoms with Crippen LogP contribution < -0.4 is 0 Å². The summed E-state index contributed by atoms with van der Waals surface area (Å²) in [5.74, 6) is -0.248. The normalized spacial score (nSPS) is 20.8. The lowest BCUT2D eigenvalue weighted by atomic mass is 10.4. The Morgan fingerprint density at radius 2 is 2.50 bits per heavy atom.